The standard InChI is InChI=1S/C16H20N2O4/c1-19-13-7-5-11(9-15(13)21-3)18(17)12-6-8-14(20-2)16(10-12)22-4/h5-10H,17H2,1-4H3. The molecule has 0 aliphatic heterocycles. The van der Waals surface area contributed by atoms with Gasteiger partial charge >= 0.3 is 0 Å². The molecule has 0 saturated heterocycles. The Kier molecular flexibility index (Phi) is 4.95. The Hall–Kier alpha value is -2.60. The molecule has 0 aliphatic rings. The van der Waals surface area contributed by atoms with E-state index in [1.165, 1.54) is 5.01 Å². The van der Waals surface area contributed by atoms with Crippen molar-refractivity contribution in [2.75, 3.05) is 33.4 Å². The van der Waals surface area contributed by atoms with Crippen LogP contribution in [-0.2, 0) is 0 Å². The number of anilines is 2. The number of hydrogen-bond donors (Lipinski definition) is 1. The van der Waals surface area contributed by atoms with Crippen LogP contribution in [0, 0.1) is 0 Å². The predicted molar refractivity (Wildman–Crippen MR) is 85.4 cm³/mol. The summed E-state index contributed by atoms with van der Waals surface area (Å²) in [4.78, 5) is 0. The summed E-state index contributed by atoms with van der Waals surface area (Å²) in [6.45, 7) is 0. The summed E-state index contributed by atoms with van der Waals surface area (Å²) < 4.78 is 21.0. The molecular formula is C16H20N2O4. The van der Waals surface area contributed by atoms with Gasteiger partial charge in [0.1, 0.15) is 0 Å². The van der Waals surface area contributed by atoms with E-state index in [4.69, 9.17) is 24.8 Å². The number of ether oxygens (including phenoxy) is 4. The lowest BCUT2D eigenvalue weighted by Crippen LogP contribution is -2.24. The van der Waals surface area contributed by atoms with Crippen LogP contribution in [0.4, 0.5) is 11.4 Å². The molecule has 0 aliphatic carbocycles. The molecule has 0 spiro atoms. The van der Waals surface area contributed by atoms with Crippen molar-refractivity contribution in [2.24, 2.45) is 5.84 Å². The van der Waals surface area contributed by atoms with Crippen LogP contribution in [0.2, 0.25) is 0 Å². The van der Waals surface area contributed by atoms with Crippen LogP contribution in [-0.4, -0.2) is 28.4 Å². The van der Waals surface area contributed by atoms with Gasteiger partial charge in [-0.25, -0.2) is 5.84 Å². The van der Waals surface area contributed by atoms with Gasteiger partial charge in [0.2, 0.25) is 0 Å². The SMILES string of the molecule is COc1ccc(N(N)c2ccc(OC)c(OC)c2)cc1OC. The Labute approximate surface area is 129 Å². The second-order valence-electron chi connectivity index (χ2n) is 4.45. The van der Waals surface area contributed by atoms with Gasteiger partial charge in [-0.15, -0.1) is 0 Å². The summed E-state index contributed by atoms with van der Waals surface area (Å²) in [5.41, 5.74) is 1.51. The summed E-state index contributed by atoms with van der Waals surface area (Å²) in [5.74, 6) is 8.69. The zero-order valence-corrected chi connectivity index (χ0v) is 13.1. The van der Waals surface area contributed by atoms with E-state index in [2.05, 4.69) is 0 Å². The summed E-state index contributed by atoms with van der Waals surface area (Å²) >= 11 is 0. The molecule has 0 fully saturated rings. The first-order valence-electron chi connectivity index (χ1n) is 6.63. The van der Waals surface area contributed by atoms with Crippen LogP contribution in [0.3, 0.4) is 0 Å². The minimum absolute atomic E-state index is 0.607. The van der Waals surface area contributed by atoms with Gasteiger partial charge in [-0.05, 0) is 24.3 Å². The minimum atomic E-state index is 0.607. The first-order chi connectivity index (χ1) is 10.6. The van der Waals surface area contributed by atoms with Gasteiger partial charge in [0.25, 0.3) is 0 Å². The Morgan fingerprint density at radius 3 is 1.32 bits per heavy atom. The highest BCUT2D eigenvalue weighted by molar-refractivity contribution is 5.67. The van der Waals surface area contributed by atoms with Gasteiger partial charge in [0.15, 0.2) is 23.0 Å². The van der Waals surface area contributed by atoms with E-state index in [9.17, 15) is 0 Å². The molecule has 0 amide bonds. The van der Waals surface area contributed by atoms with E-state index in [0.29, 0.717) is 23.0 Å². The summed E-state index contributed by atoms with van der Waals surface area (Å²) in [7, 11) is 6.34. The van der Waals surface area contributed by atoms with Crippen molar-refractivity contribution in [3.63, 3.8) is 0 Å². The number of methoxy groups -OCH3 is 4. The zero-order valence-electron chi connectivity index (χ0n) is 13.1. The summed E-state index contributed by atoms with van der Waals surface area (Å²) in [6.07, 6.45) is 0. The maximum atomic E-state index is 6.19. The lowest BCUT2D eigenvalue weighted by Gasteiger charge is -2.21. The number of benzene rings is 2. The van der Waals surface area contributed by atoms with Crippen LogP contribution >= 0.6 is 0 Å². The van der Waals surface area contributed by atoms with E-state index < -0.39 is 0 Å². The van der Waals surface area contributed by atoms with Gasteiger partial charge in [0, 0.05) is 12.1 Å². The first-order valence-corrected chi connectivity index (χ1v) is 6.63. The van der Waals surface area contributed by atoms with Crippen LogP contribution < -0.4 is 29.8 Å². The van der Waals surface area contributed by atoms with Crippen molar-refractivity contribution < 1.29 is 18.9 Å². The topological polar surface area (TPSA) is 66.2 Å². The monoisotopic (exact) mass is 304 g/mol. The number of hydrazine groups is 1. The van der Waals surface area contributed by atoms with Gasteiger partial charge in [-0.1, -0.05) is 0 Å². The van der Waals surface area contributed by atoms with Crippen molar-refractivity contribution in [1.29, 1.82) is 0 Å². The number of nitrogens with zero attached hydrogens (tertiary/aromatic N) is 1. The second-order valence-corrected chi connectivity index (χ2v) is 4.45. The van der Waals surface area contributed by atoms with Crippen LogP contribution in [0.5, 0.6) is 23.0 Å². The summed E-state index contributed by atoms with van der Waals surface area (Å²) in [5, 5.41) is 1.53. The molecule has 0 saturated carbocycles. The van der Waals surface area contributed by atoms with Crippen molar-refractivity contribution in [3.8, 4) is 23.0 Å². The molecule has 0 atom stereocenters. The van der Waals surface area contributed by atoms with Crippen molar-refractivity contribution in [2.45, 2.75) is 0 Å². The molecule has 2 rings (SSSR count). The van der Waals surface area contributed by atoms with Gasteiger partial charge in [-0.3, -0.25) is 5.01 Å². The van der Waals surface area contributed by atoms with Crippen LogP contribution in [0.1, 0.15) is 0 Å². The molecule has 6 nitrogen and oxygen atoms in total. The molecule has 2 N–H and O–H groups in total. The lowest BCUT2D eigenvalue weighted by atomic mass is 10.2. The van der Waals surface area contributed by atoms with E-state index in [1.54, 1.807) is 52.7 Å². The quantitative estimate of drug-likeness (QED) is 0.654. The summed E-state index contributed by atoms with van der Waals surface area (Å²) in [6, 6.07) is 10.9. The molecule has 22 heavy (non-hydrogen) atoms. The average Bonchev–Trinajstić information content (AvgIpc) is 2.59. The fraction of sp³-hybridized carbons (Fsp3) is 0.250. The molecule has 2 aromatic rings. The van der Waals surface area contributed by atoms with Crippen molar-refractivity contribution in [3.05, 3.63) is 36.4 Å². The molecule has 0 bridgehead atoms. The number of hydrogen-bond acceptors (Lipinski definition) is 6. The van der Waals surface area contributed by atoms with Crippen molar-refractivity contribution >= 4 is 11.4 Å². The fourth-order valence-electron chi connectivity index (χ4n) is 2.10. The Morgan fingerprint density at radius 2 is 1.00 bits per heavy atom. The highest BCUT2D eigenvalue weighted by atomic mass is 16.5. The van der Waals surface area contributed by atoms with Gasteiger partial charge in [0.05, 0.1) is 39.8 Å². The molecule has 0 unspecified atom stereocenters. The first kappa shape index (κ1) is 15.8. The lowest BCUT2D eigenvalue weighted by molar-refractivity contribution is 0.354. The van der Waals surface area contributed by atoms with E-state index in [0.717, 1.165) is 11.4 Å². The van der Waals surface area contributed by atoms with Gasteiger partial charge < -0.3 is 18.9 Å². The van der Waals surface area contributed by atoms with Crippen molar-refractivity contribution in [1.82, 2.24) is 0 Å². The van der Waals surface area contributed by atoms with Crippen LogP contribution in [0.15, 0.2) is 36.4 Å². The molecule has 118 valence electrons. The fourth-order valence-corrected chi connectivity index (χ4v) is 2.10. The third-order valence-corrected chi connectivity index (χ3v) is 3.29. The highest BCUT2D eigenvalue weighted by Gasteiger charge is 2.12. The van der Waals surface area contributed by atoms with E-state index in [-0.39, 0.29) is 0 Å². The highest BCUT2D eigenvalue weighted by Crippen LogP contribution is 2.36. The molecule has 2 aromatic carbocycles. The predicted octanol–water partition coefficient (Wildman–Crippen LogP) is 2.73. The average molecular weight is 304 g/mol. The Morgan fingerprint density at radius 1 is 0.636 bits per heavy atom. The maximum Gasteiger partial charge on any atom is 0.162 e. The smallest absolute Gasteiger partial charge is 0.162 e. The molecule has 0 radical (unpaired) electrons. The molecule has 0 heterocycles. The van der Waals surface area contributed by atoms with E-state index >= 15 is 0 Å². The maximum absolute atomic E-state index is 6.19. The van der Waals surface area contributed by atoms with Crippen LogP contribution in [0.25, 0.3) is 0 Å². The number of rotatable bonds is 6. The van der Waals surface area contributed by atoms with E-state index in [1.807, 2.05) is 12.1 Å². The number of nitrogens with two attached hydrogens (primary N) is 1. The Balaban J connectivity index is 2.37. The molecular weight excluding hydrogens is 284 g/mol. The minimum Gasteiger partial charge on any atom is -0.493 e. The zero-order chi connectivity index (χ0) is 16.1. The second kappa shape index (κ2) is 6.91. The normalized spacial score (nSPS) is 10.0. The molecule has 0 aromatic heterocycles. The molecule has 6 heteroatoms. The third-order valence-electron chi connectivity index (χ3n) is 3.29. The largest absolute Gasteiger partial charge is 0.493 e. The van der Waals surface area contributed by atoms with Gasteiger partial charge in [-0.2, -0.15) is 0 Å². The third kappa shape index (κ3) is 3.01. The Bertz CT molecular complexity index is 591.